The van der Waals surface area contributed by atoms with E-state index >= 15 is 0 Å². The summed E-state index contributed by atoms with van der Waals surface area (Å²) < 4.78 is 33.6. The first-order valence-corrected chi connectivity index (χ1v) is 22.2. The monoisotopic (exact) mass is 593 g/mol. The first-order valence-electron chi connectivity index (χ1n) is 17.8. The summed E-state index contributed by atoms with van der Waals surface area (Å²) >= 11 is 0. The van der Waals surface area contributed by atoms with Gasteiger partial charge in [-0.15, -0.1) is 0 Å². The van der Waals surface area contributed by atoms with Gasteiger partial charge < -0.3 is 0 Å². The van der Waals surface area contributed by atoms with Crippen molar-refractivity contribution in [2.75, 3.05) is 30.4 Å². The zero-order valence-corrected chi connectivity index (χ0v) is 29.3. The Morgan fingerprint density at radius 2 is 0.641 bits per heavy atom. The molecule has 0 aromatic rings. The molecule has 0 spiro atoms. The van der Waals surface area contributed by atoms with Gasteiger partial charge >= 0.3 is 197 Å². The standard InChI is InChI=1S/C34H73O3PS/c1-6-11-16-17-18-19-20-21-22-23-24-25-26-27-28-29-34-39(35,36)37-38(30-12-7-2,31-13-8-3,32-14-9-4)33-15-10-5/h6-34H2,1-5H3. The van der Waals surface area contributed by atoms with Crippen LogP contribution < -0.4 is 0 Å². The van der Waals surface area contributed by atoms with Gasteiger partial charge in [-0.25, -0.2) is 0 Å². The van der Waals surface area contributed by atoms with Crippen LogP contribution >= 0.6 is 6.83 Å². The summed E-state index contributed by atoms with van der Waals surface area (Å²) in [5.41, 5.74) is 0. The molecule has 0 rings (SSSR count). The third kappa shape index (κ3) is 20.0. The Hall–Kier alpha value is 0.340. The topological polar surface area (TPSA) is 43.4 Å². The number of unbranched alkanes of at least 4 members (excludes halogenated alkanes) is 19. The van der Waals surface area contributed by atoms with Crippen LogP contribution in [0.4, 0.5) is 0 Å². The molecule has 0 saturated carbocycles. The molecule has 0 fully saturated rings. The SMILES string of the molecule is CCCCCCCCCCCCCCCCCCS(=O)(=O)OP(CCCC)(CCCC)(CCCC)CCCC. The van der Waals surface area contributed by atoms with Gasteiger partial charge in [0.15, 0.2) is 0 Å². The molecule has 0 aliphatic rings. The van der Waals surface area contributed by atoms with Gasteiger partial charge in [0.1, 0.15) is 0 Å². The molecule has 0 aromatic heterocycles. The molecule has 0 amide bonds. The summed E-state index contributed by atoms with van der Waals surface area (Å²) in [6, 6.07) is 0. The van der Waals surface area contributed by atoms with E-state index in [1.807, 2.05) is 0 Å². The van der Waals surface area contributed by atoms with Gasteiger partial charge in [-0.1, -0.05) is 51.9 Å². The maximum atomic E-state index is 13.5. The average molecular weight is 593 g/mol. The molecule has 39 heavy (non-hydrogen) atoms. The van der Waals surface area contributed by atoms with E-state index in [0.29, 0.717) is 0 Å². The van der Waals surface area contributed by atoms with Gasteiger partial charge in [-0.2, -0.15) is 0 Å². The number of hydrogen-bond donors (Lipinski definition) is 0. The molecule has 0 unspecified atom stereocenters. The van der Waals surface area contributed by atoms with Crippen molar-refractivity contribution in [2.24, 2.45) is 0 Å². The quantitative estimate of drug-likeness (QED) is 0.0594. The molecule has 3 nitrogen and oxygen atoms in total. The molecule has 0 saturated heterocycles. The third-order valence-corrected chi connectivity index (χ3v) is 18.1. The second kappa shape index (κ2) is 24.9. The average Bonchev–Trinajstić information content (AvgIpc) is 2.92. The van der Waals surface area contributed by atoms with Gasteiger partial charge in [0.2, 0.25) is 0 Å². The normalized spacial score (nSPS) is 13.5. The fraction of sp³-hybridized carbons (Fsp3) is 1.00. The van der Waals surface area contributed by atoms with Crippen molar-refractivity contribution in [1.82, 2.24) is 0 Å². The van der Waals surface area contributed by atoms with E-state index in [1.165, 1.54) is 83.5 Å². The second-order valence-electron chi connectivity index (χ2n) is 12.8. The van der Waals surface area contributed by atoms with Gasteiger partial charge in [0.05, 0.1) is 0 Å². The molecule has 0 bridgehead atoms. The molecule has 0 N–H and O–H groups in total. The molecule has 238 valence electrons. The van der Waals surface area contributed by atoms with Gasteiger partial charge in [0.25, 0.3) is 0 Å². The van der Waals surface area contributed by atoms with E-state index in [9.17, 15) is 8.42 Å². The molecule has 0 aliphatic heterocycles. The van der Waals surface area contributed by atoms with Crippen LogP contribution in [0.2, 0.25) is 0 Å². The molecule has 0 heterocycles. The Morgan fingerprint density at radius 3 is 0.923 bits per heavy atom. The third-order valence-electron chi connectivity index (χ3n) is 8.88. The summed E-state index contributed by atoms with van der Waals surface area (Å²) in [7, 11) is -3.48. The summed E-state index contributed by atoms with van der Waals surface area (Å²) in [4.78, 5) is 0. The maximum absolute atomic E-state index is 13.5. The van der Waals surface area contributed by atoms with Crippen LogP contribution in [-0.2, 0) is 14.1 Å². The molecular formula is C34H73O3PS. The molecule has 0 aromatic carbocycles. The van der Waals surface area contributed by atoms with E-state index < -0.39 is 16.9 Å². The van der Waals surface area contributed by atoms with E-state index in [4.69, 9.17) is 3.97 Å². The van der Waals surface area contributed by atoms with E-state index in [-0.39, 0.29) is 5.75 Å². The second-order valence-corrected chi connectivity index (χ2v) is 20.4. The van der Waals surface area contributed by atoms with Crippen LogP contribution in [0, 0.1) is 0 Å². The summed E-state index contributed by atoms with van der Waals surface area (Å²) in [5, 5.41) is 0. The van der Waals surface area contributed by atoms with Crippen LogP contribution in [0.5, 0.6) is 0 Å². The fourth-order valence-electron chi connectivity index (χ4n) is 6.24. The Balaban J connectivity index is 4.51. The molecule has 0 radical (unpaired) electrons. The van der Waals surface area contributed by atoms with Crippen molar-refractivity contribution in [3.05, 3.63) is 0 Å². The van der Waals surface area contributed by atoms with Crippen molar-refractivity contribution in [3.63, 3.8) is 0 Å². The molecule has 0 aliphatic carbocycles. The van der Waals surface area contributed by atoms with Gasteiger partial charge in [-0.3, -0.25) is 0 Å². The minimum absolute atomic E-state index is 0.222. The van der Waals surface area contributed by atoms with E-state index in [2.05, 4.69) is 34.6 Å². The van der Waals surface area contributed by atoms with Crippen LogP contribution in [0.1, 0.15) is 189 Å². The predicted octanol–water partition coefficient (Wildman–Crippen LogP) is 12.3. The molecule has 0 atom stereocenters. The van der Waals surface area contributed by atoms with Crippen LogP contribution in [0.25, 0.3) is 0 Å². The van der Waals surface area contributed by atoms with Gasteiger partial charge in [0, 0.05) is 0 Å². The Labute approximate surface area is 247 Å². The summed E-state index contributed by atoms with van der Waals surface area (Å²) in [6.45, 7) is 8.45. The van der Waals surface area contributed by atoms with Crippen LogP contribution in [0.3, 0.4) is 0 Å². The zero-order valence-electron chi connectivity index (χ0n) is 27.6. The zero-order chi connectivity index (χ0) is 29.2. The van der Waals surface area contributed by atoms with Crippen molar-refractivity contribution >= 4 is 16.9 Å². The Bertz CT molecular complexity index is 591. The first kappa shape index (κ1) is 39.3. The first-order chi connectivity index (χ1) is 18.8. The van der Waals surface area contributed by atoms with E-state index in [0.717, 1.165) is 95.3 Å². The molecule has 5 heteroatoms. The van der Waals surface area contributed by atoms with Gasteiger partial charge in [-0.05, 0) is 0 Å². The summed E-state index contributed by atoms with van der Waals surface area (Å²) in [5.74, 6) is 0.222. The minimum atomic E-state index is -3.48. The molecular weight excluding hydrogens is 519 g/mol. The predicted molar refractivity (Wildman–Crippen MR) is 180 cm³/mol. The van der Waals surface area contributed by atoms with Crippen molar-refractivity contribution in [3.8, 4) is 0 Å². The Kier molecular flexibility index (Phi) is 25.1. The van der Waals surface area contributed by atoms with Crippen LogP contribution in [-0.4, -0.2) is 38.8 Å². The van der Waals surface area contributed by atoms with E-state index in [1.54, 1.807) is 0 Å². The Morgan fingerprint density at radius 1 is 0.385 bits per heavy atom. The van der Waals surface area contributed by atoms with Crippen molar-refractivity contribution in [1.29, 1.82) is 0 Å². The number of hydrogen-bond acceptors (Lipinski definition) is 3. The fourth-order valence-corrected chi connectivity index (χ4v) is 16.7. The van der Waals surface area contributed by atoms with Crippen LogP contribution in [0.15, 0.2) is 0 Å². The van der Waals surface area contributed by atoms with Crippen molar-refractivity contribution in [2.45, 2.75) is 189 Å². The van der Waals surface area contributed by atoms with Crippen molar-refractivity contribution < 1.29 is 12.4 Å². The summed E-state index contributed by atoms with van der Waals surface area (Å²) in [6.07, 6.45) is 33.8. The number of rotatable bonds is 31.